The van der Waals surface area contributed by atoms with Crippen LogP contribution in [-0.4, -0.2) is 22.9 Å². The van der Waals surface area contributed by atoms with Gasteiger partial charge in [-0.3, -0.25) is 4.79 Å². The van der Waals surface area contributed by atoms with Gasteiger partial charge in [-0.1, -0.05) is 54.1 Å². The summed E-state index contributed by atoms with van der Waals surface area (Å²) in [7, 11) is 0. The van der Waals surface area contributed by atoms with E-state index in [4.69, 9.17) is 4.74 Å². The topological polar surface area (TPSA) is 71.4 Å². The first kappa shape index (κ1) is 19.2. The van der Waals surface area contributed by atoms with Crippen LogP contribution < -0.4 is 9.84 Å². The molecular weight excluding hydrogens is 354 g/mol. The van der Waals surface area contributed by atoms with E-state index in [9.17, 15) is 14.7 Å². The van der Waals surface area contributed by atoms with E-state index in [0.29, 0.717) is 23.6 Å². The maximum absolute atomic E-state index is 12.7. The van der Waals surface area contributed by atoms with Crippen LogP contribution in [0.2, 0.25) is 0 Å². The number of benzene rings is 2. The second kappa shape index (κ2) is 8.86. The summed E-state index contributed by atoms with van der Waals surface area (Å²) in [6.45, 7) is 2.03. The highest BCUT2D eigenvalue weighted by molar-refractivity contribution is 6.08. The van der Waals surface area contributed by atoms with Crippen LogP contribution in [0, 0.1) is 6.92 Å². The first-order valence-electron chi connectivity index (χ1n) is 8.89. The number of rotatable bonds is 8. The average Bonchev–Trinajstić information content (AvgIpc) is 3.15. The van der Waals surface area contributed by atoms with Gasteiger partial charge < -0.3 is 19.2 Å². The Kier molecular flexibility index (Phi) is 6.07. The smallest absolute Gasteiger partial charge is 0.209 e. The van der Waals surface area contributed by atoms with Crippen LogP contribution in [-0.2, 0) is 11.3 Å². The van der Waals surface area contributed by atoms with Gasteiger partial charge in [-0.15, -0.1) is 0 Å². The van der Waals surface area contributed by atoms with E-state index in [2.05, 4.69) is 0 Å². The maximum Gasteiger partial charge on any atom is 0.209 e. The van der Waals surface area contributed by atoms with Crippen molar-refractivity contribution in [3.63, 3.8) is 0 Å². The number of aryl methyl sites for hydroxylation is 1. The van der Waals surface area contributed by atoms with Crippen LogP contribution in [0.15, 0.2) is 72.9 Å². The fourth-order valence-electron chi connectivity index (χ4n) is 2.78. The van der Waals surface area contributed by atoms with E-state index in [1.807, 2.05) is 72.3 Å². The molecule has 0 spiro atoms. The minimum absolute atomic E-state index is 0.0175. The number of carboxylic acids is 1. The zero-order valence-corrected chi connectivity index (χ0v) is 15.5. The van der Waals surface area contributed by atoms with Crippen LogP contribution in [0.1, 0.15) is 27.2 Å². The fraction of sp³-hybridized carbons (Fsp3) is 0.130. The molecule has 5 nitrogen and oxygen atoms in total. The van der Waals surface area contributed by atoms with Crippen LogP contribution in [0.5, 0.6) is 5.75 Å². The monoisotopic (exact) mass is 374 g/mol. The molecule has 0 saturated carbocycles. The first-order chi connectivity index (χ1) is 13.5. The first-order valence-corrected chi connectivity index (χ1v) is 8.89. The van der Waals surface area contributed by atoms with E-state index in [-0.39, 0.29) is 5.78 Å². The van der Waals surface area contributed by atoms with Crippen molar-refractivity contribution in [2.24, 2.45) is 0 Å². The zero-order valence-electron chi connectivity index (χ0n) is 15.5. The number of aromatic nitrogens is 1. The number of aliphatic carboxylic acids is 1. The van der Waals surface area contributed by atoms with Gasteiger partial charge in [0.25, 0.3) is 0 Å². The van der Waals surface area contributed by atoms with Crippen molar-refractivity contribution in [2.75, 3.05) is 6.61 Å². The molecule has 5 heteroatoms. The number of hydrogen-bond donors (Lipinski definition) is 0. The third-order valence-electron chi connectivity index (χ3n) is 4.20. The highest BCUT2D eigenvalue weighted by Gasteiger charge is 2.12. The molecule has 0 atom stereocenters. The van der Waals surface area contributed by atoms with Crippen molar-refractivity contribution in [1.29, 1.82) is 0 Å². The predicted octanol–water partition coefficient (Wildman–Crippen LogP) is 2.87. The maximum atomic E-state index is 12.7. The molecule has 0 aliphatic rings. The fourth-order valence-corrected chi connectivity index (χ4v) is 2.78. The third kappa shape index (κ3) is 4.98. The normalized spacial score (nSPS) is 10.9. The summed E-state index contributed by atoms with van der Waals surface area (Å²) in [5, 5.41) is 10.5. The van der Waals surface area contributed by atoms with Crippen LogP contribution in [0.25, 0.3) is 6.08 Å². The Hall–Kier alpha value is -3.60. The Bertz CT molecular complexity index is 999. The SMILES string of the molecule is Cc1ccc(C(=O)c2cccn2C/C=C/c2cccc(OCC(=O)[O-])c2)cc1. The third-order valence-corrected chi connectivity index (χ3v) is 4.20. The van der Waals surface area contributed by atoms with Gasteiger partial charge in [0.15, 0.2) is 0 Å². The van der Waals surface area contributed by atoms with Crippen molar-refractivity contribution in [2.45, 2.75) is 13.5 Å². The summed E-state index contributed by atoms with van der Waals surface area (Å²) in [6.07, 6.45) is 5.70. The van der Waals surface area contributed by atoms with Gasteiger partial charge >= 0.3 is 0 Å². The van der Waals surface area contributed by atoms with Crippen molar-refractivity contribution in [3.05, 3.63) is 95.3 Å². The molecule has 0 bridgehead atoms. The summed E-state index contributed by atoms with van der Waals surface area (Å²) in [5.41, 5.74) is 3.27. The Morgan fingerprint density at radius 1 is 1.07 bits per heavy atom. The van der Waals surface area contributed by atoms with Crippen molar-refractivity contribution < 1.29 is 19.4 Å². The lowest BCUT2D eigenvalue weighted by molar-refractivity contribution is -0.307. The predicted molar refractivity (Wildman–Crippen MR) is 105 cm³/mol. The molecule has 28 heavy (non-hydrogen) atoms. The number of ketones is 1. The van der Waals surface area contributed by atoms with Crippen LogP contribution in [0.4, 0.5) is 0 Å². The van der Waals surface area contributed by atoms with E-state index in [0.717, 1.165) is 11.1 Å². The van der Waals surface area contributed by atoms with Gasteiger partial charge in [-0.05, 0) is 36.8 Å². The molecule has 0 radical (unpaired) electrons. The Morgan fingerprint density at radius 3 is 2.61 bits per heavy atom. The second-order valence-corrected chi connectivity index (χ2v) is 6.38. The lowest BCUT2D eigenvalue weighted by Crippen LogP contribution is -2.28. The molecule has 0 aliphatic heterocycles. The van der Waals surface area contributed by atoms with Gasteiger partial charge in [0.05, 0.1) is 11.7 Å². The quantitative estimate of drug-likeness (QED) is 0.569. The summed E-state index contributed by atoms with van der Waals surface area (Å²) in [5.74, 6) is -0.821. The lowest BCUT2D eigenvalue weighted by atomic mass is 10.1. The average molecular weight is 374 g/mol. The van der Waals surface area contributed by atoms with E-state index in [1.54, 1.807) is 18.2 Å². The minimum atomic E-state index is -1.26. The Labute approximate surface area is 163 Å². The number of carboxylic acid groups (broad SMARTS) is 1. The molecule has 0 unspecified atom stereocenters. The Balaban J connectivity index is 1.68. The molecule has 3 rings (SSSR count). The number of carbonyl (C=O) groups excluding carboxylic acids is 2. The number of nitrogens with zero attached hydrogens (tertiary/aromatic N) is 1. The molecule has 1 heterocycles. The molecule has 0 aliphatic carbocycles. The summed E-state index contributed by atoms with van der Waals surface area (Å²) in [6, 6.07) is 18.3. The van der Waals surface area contributed by atoms with E-state index >= 15 is 0 Å². The van der Waals surface area contributed by atoms with Gasteiger partial charge in [0, 0.05) is 18.3 Å². The molecular formula is C23H20NO4-. The van der Waals surface area contributed by atoms with Gasteiger partial charge in [0.1, 0.15) is 12.4 Å². The van der Waals surface area contributed by atoms with Gasteiger partial charge in [-0.25, -0.2) is 0 Å². The van der Waals surface area contributed by atoms with Crippen LogP contribution >= 0.6 is 0 Å². The molecule has 0 fully saturated rings. The number of hydrogen-bond acceptors (Lipinski definition) is 4. The molecule has 1 aromatic heterocycles. The minimum Gasteiger partial charge on any atom is -0.546 e. The highest BCUT2D eigenvalue weighted by atomic mass is 16.5. The number of ether oxygens (including phenoxy) is 1. The van der Waals surface area contributed by atoms with Crippen molar-refractivity contribution in [3.8, 4) is 5.75 Å². The van der Waals surface area contributed by atoms with E-state index in [1.165, 1.54) is 0 Å². The lowest BCUT2D eigenvalue weighted by Gasteiger charge is -2.08. The van der Waals surface area contributed by atoms with Gasteiger partial charge in [-0.2, -0.15) is 0 Å². The molecule has 0 N–H and O–H groups in total. The number of allylic oxidation sites excluding steroid dienone is 1. The van der Waals surface area contributed by atoms with Gasteiger partial charge in [0.2, 0.25) is 5.78 Å². The molecule has 142 valence electrons. The van der Waals surface area contributed by atoms with E-state index < -0.39 is 12.6 Å². The standard InChI is InChI=1S/C23H21NO4/c1-17-9-11-19(12-10-17)23(27)21-8-4-14-24(21)13-3-6-18-5-2-7-20(15-18)28-16-22(25)26/h2-12,14-15H,13,16H2,1H3,(H,25,26)/p-1/b6-3+. The summed E-state index contributed by atoms with van der Waals surface area (Å²) < 4.78 is 7.01. The summed E-state index contributed by atoms with van der Waals surface area (Å²) >= 11 is 0. The molecule has 0 saturated heterocycles. The van der Waals surface area contributed by atoms with Crippen molar-refractivity contribution in [1.82, 2.24) is 4.57 Å². The van der Waals surface area contributed by atoms with Crippen molar-refractivity contribution >= 4 is 17.8 Å². The molecule has 2 aromatic carbocycles. The Morgan fingerprint density at radius 2 is 1.86 bits per heavy atom. The zero-order chi connectivity index (χ0) is 19.9. The molecule has 3 aromatic rings. The molecule has 0 amide bonds. The van der Waals surface area contributed by atoms with Crippen LogP contribution in [0.3, 0.4) is 0 Å². The largest absolute Gasteiger partial charge is 0.546 e. The summed E-state index contributed by atoms with van der Waals surface area (Å²) in [4.78, 5) is 23.2. The second-order valence-electron chi connectivity index (χ2n) is 6.38. The highest BCUT2D eigenvalue weighted by Crippen LogP contribution is 2.15. The number of carbonyl (C=O) groups is 2.